The van der Waals surface area contributed by atoms with E-state index in [4.69, 9.17) is 4.74 Å². The average Bonchev–Trinajstić information content (AvgIpc) is 3.42. The molecule has 1 aromatic carbocycles. The Morgan fingerprint density at radius 2 is 1.47 bits per heavy atom. The number of imide groups is 1. The number of amides is 2. The second kappa shape index (κ2) is 9.32. The Kier molecular flexibility index (Phi) is 6.55. The molecule has 1 heterocycles. The maximum Gasteiger partial charge on any atom is 0.311 e. The van der Waals surface area contributed by atoms with Gasteiger partial charge in [0.05, 0.1) is 17.5 Å². The molecule has 1 saturated heterocycles. The van der Waals surface area contributed by atoms with Crippen molar-refractivity contribution >= 4 is 23.5 Å². The zero-order chi connectivity index (χ0) is 21.1. The molecule has 5 heteroatoms. The molecule has 4 unspecified atom stereocenters. The van der Waals surface area contributed by atoms with Crippen LogP contribution in [0.25, 0.3) is 0 Å². The molecule has 0 radical (unpaired) electrons. The van der Waals surface area contributed by atoms with Crippen LogP contribution in [0.2, 0.25) is 0 Å². The van der Waals surface area contributed by atoms with E-state index in [0.717, 1.165) is 32.1 Å². The van der Waals surface area contributed by atoms with Crippen molar-refractivity contribution in [2.24, 2.45) is 23.7 Å². The van der Waals surface area contributed by atoms with Crippen LogP contribution in [0.1, 0.15) is 77.6 Å². The van der Waals surface area contributed by atoms with Crippen molar-refractivity contribution in [1.82, 2.24) is 0 Å². The van der Waals surface area contributed by atoms with Crippen molar-refractivity contribution in [3.63, 3.8) is 0 Å². The molecule has 2 aliphatic carbocycles. The van der Waals surface area contributed by atoms with Gasteiger partial charge in [0.25, 0.3) is 0 Å². The topological polar surface area (TPSA) is 63.7 Å². The van der Waals surface area contributed by atoms with Crippen molar-refractivity contribution in [3.8, 4) is 5.75 Å². The number of carbonyl (C=O) groups excluding carboxylic acids is 3. The van der Waals surface area contributed by atoms with Gasteiger partial charge in [-0.25, -0.2) is 0 Å². The molecule has 30 heavy (non-hydrogen) atoms. The molecule has 3 aliphatic rings. The maximum absolute atomic E-state index is 12.9. The first-order chi connectivity index (χ1) is 14.6. The summed E-state index contributed by atoms with van der Waals surface area (Å²) in [4.78, 5) is 39.2. The molecule has 0 N–H and O–H groups in total. The number of carbonyl (C=O) groups is 3. The summed E-state index contributed by atoms with van der Waals surface area (Å²) >= 11 is 0. The summed E-state index contributed by atoms with van der Waals surface area (Å²) in [6.07, 6.45) is 11.7. The van der Waals surface area contributed by atoms with Gasteiger partial charge in [-0.1, -0.05) is 45.4 Å². The van der Waals surface area contributed by atoms with Crippen molar-refractivity contribution in [3.05, 3.63) is 24.3 Å². The Labute approximate surface area is 179 Å². The number of esters is 1. The zero-order valence-electron chi connectivity index (χ0n) is 18.0. The molecule has 0 aromatic heterocycles. The van der Waals surface area contributed by atoms with E-state index in [0.29, 0.717) is 29.7 Å². The second-order valence-corrected chi connectivity index (χ2v) is 9.24. The lowest BCUT2D eigenvalue weighted by Crippen LogP contribution is -2.32. The quantitative estimate of drug-likeness (QED) is 0.228. The Hall–Kier alpha value is -2.17. The summed E-state index contributed by atoms with van der Waals surface area (Å²) in [5.41, 5.74) is 0.589. The smallest absolute Gasteiger partial charge is 0.311 e. The van der Waals surface area contributed by atoms with Gasteiger partial charge in [0, 0.05) is 6.42 Å². The molecular formula is C25H33NO4. The first-order valence-corrected chi connectivity index (χ1v) is 11.8. The van der Waals surface area contributed by atoms with Crippen LogP contribution in [0.15, 0.2) is 24.3 Å². The van der Waals surface area contributed by atoms with E-state index < -0.39 is 0 Å². The summed E-state index contributed by atoms with van der Waals surface area (Å²) in [6, 6.07) is 6.80. The summed E-state index contributed by atoms with van der Waals surface area (Å²) in [6.45, 7) is 2.21. The van der Waals surface area contributed by atoms with Crippen LogP contribution in [-0.4, -0.2) is 17.8 Å². The van der Waals surface area contributed by atoms with E-state index >= 15 is 0 Å². The molecule has 2 saturated carbocycles. The fourth-order valence-electron chi connectivity index (χ4n) is 5.74. The van der Waals surface area contributed by atoms with Gasteiger partial charge in [0.15, 0.2) is 0 Å². The molecule has 2 bridgehead atoms. The number of benzene rings is 1. The van der Waals surface area contributed by atoms with Gasteiger partial charge >= 0.3 is 5.97 Å². The predicted octanol–water partition coefficient (Wildman–Crippen LogP) is 5.27. The van der Waals surface area contributed by atoms with E-state index in [-0.39, 0.29) is 29.6 Å². The summed E-state index contributed by atoms with van der Waals surface area (Å²) in [5, 5.41) is 0. The molecule has 0 spiro atoms. The molecule has 5 nitrogen and oxygen atoms in total. The monoisotopic (exact) mass is 411 g/mol. The molecular weight excluding hydrogens is 378 g/mol. The van der Waals surface area contributed by atoms with Gasteiger partial charge in [-0.15, -0.1) is 0 Å². The highest BCUT2D eigenvalue weighted by atomic mass is 16.5. The fourth-order valence-corrected chi connectivity index (χ4v) is 5.74. The Morgan fingerprint density at radius 1 is 0.900 bits per heavy atom. The Balaban J connectivity index is 1.26. The minimum Gasteiger partial charge on any atom is -0.427 e. The van der Waals surface area contributed by atoms with E-state index in [2.05, 4.69) is 6.92 Å². The molecule has 3 fully saturated rings. The highest BCUT2D eigenvalue weighted by Gasteiger charge is 2.61. The van der Waals surface area contributed by atoms with Crippen molar-refractivity contribution < 1.29 is 19.1 Å². The van der Waals surface area contributed by atoms with E-state index in [1.807, 2.05) is 0 Å². The van der Waals surface area contributed by atoms with Gasteiger partial charge in [0.1, 0.15) is 5.75 Å². The number of unbranched alkanes of at least 4 members (excludes halogenated alkanes) is 6. The highest BCUT2D eigenvalue weighted by Crippen LogP contribution is 2.56. The third-order valence-corrected chi connectivity index (χ3v) is 7.24. The average molecular weight is 412 g/mol. The van der Waals surface area contributed by atoms with Gasteiger partial charge in [0.2, 0.25) is 11.8 Å². The molecule has 4 rings (SSSR count). The van der Waals surface area contributed by atoms with Crippen molar-refractivity contribution in [2.45, 2.75) is 77.6 Å². The van der Waals surface area contributed by atoms with Crippen LogP contribution < -0.4 is 9.64 Å². The lowest BCUT2D eigenvalue weighted by atomic mass is 9.81. The summed E-state index contributed by atoms with van der Waals surface area (Å²) in [5.74, 6) is 0.691. The standard InChI is InChI=1S/C25H33NO4/c1-2-3-4-5-6-7-8-9-21(27)30-20-14-12-19(13-15-20)26-24(28)22-17-10-11-18(16-17)23(22)25(26)29/h12-15,17-18,22-23H,2-11,16H2,1H3. The third kappa shape index (κ3) is 4.17. The number of hydrogen-bond donors (Lipinski definition) is 0. The third-order valence-electron chi connectivity index (χ3n) is 7.24. The lowest BCUT2D eigenvalue weighted by Gasteiger charge is -2.19. The number of hydrogen-bond acceptors (Lipinski definition) is 4. The summed E-state index contributed by atoms with van der Waals surface area (Å²) < 4.78 is 5.42. The Bertz CT molecular complexity index is 759. The number of ether oxygens (including phenoxy) is 1. The maximum atomic E-state index is 12.9. The van der Waals surface area contributed by atoms with Crippen molar-refractivity contribution in [1.29, 1.82) is 0 Å². The Morgan fingerprint density at radius 3 is 2.07 bits per heavy atom. The number of fused-ring (bicyclic) bond motifs is 5. The first-order valence-electron chi connectivity index (χ1n) is 11.8. The predicted molar refractivity (Wildman–Crippen MR) is 115 cm³/mol. The normalized spacial score (nSPS) is 27.0. The van der Waals surface area contributed by atoms with E-state index in [9.17, 15) is 14.4 Å². The molecule has 162 valence electrons. The summed E-state index contributed by atoms with van der Waals surface area (Å²) in [7, 11) is 0. The van der Waals surface area contributed by atoms with Crippen LogP contribution in [0.3, 0.4) is 0 Å². The zero-order valence-corrected chi connectivity index (χ0v) is 18.0. The SMILES string of the molecule is CCCCCCCCCC(=O)Oc1ccc(N2C(=O)C3C4CCC(C4)C3C2=O)cc1. The van der Waals surface area contributed by atoms with Crippen LogP contribution in [0, 0.1) is 23.7 Å². The number of rotatable bonds is 10. The van der Waals surface area contributed by atoms with E-state index in [1.165, 1.54) is 37.0 Å². The second-order valence-electron chi connectivity index (χ2n) is 9.24. The minimum absolute atomic E-state index is 0.0409. The number of anilines is 1. The van der Waals surface area contributed by atoms with Gasteiger partial charge in [-0.2, -0.15) is 0 Å². The molecule has 4 atom stereocenters. The molecule has 1 aromatic rings. The van der Waals surface area contributed by atoms with Gasteiger partial charge in [-0.3, -0.25) is 19.3 Å². The van der Waals surface area contributed by atoms with Gasteiger partial charge in [-0.05, 0) is 61.8 Å². The molecule has 2 amide bonds. The van der Waals surface area contributed by atoms with Crippen LogP contribution in [0.5, 0.6) is 5.75 Å². The lowest BCUT2D eigenvalue weighted by molar-refractivity contribution is -0.134. The minimum atomic E-state index is -0.226. The fraction of sp³-hybridized carbons (Fsp3) is 0.640. The first kappa shape index (κ1) is 21.1. The largest absolute Gasteiger partial charge is 0.427 e. The van der Waals surface area contributed by atoms with Crippen LogP contribution in [0.4, 0.5) is 5.69 Å². The van der Waals surface area contributed by atoms with Gasteiger partial charge < -0.3 is 4.74 Å². The van der Waals surface area contributed by atoms with Crippen molar-refractivity contribution in [2.75, 3.05) is 4.90 Å². The molecule has 1 aliphatic heterocycles. The van der Waals surface area contributed by atoms with Crippen LogP contribution in [-0.2, 0) is 14.4 Å². The van der Waals surface area contributed by atoms with E-state index in [1.54, 1.807) is 24.3 Å². The highest BCUT2D eigenvalue weighted by molar-refractivity contribution is 6.22. The van der Waals surface area contributed by atoms with Crippen LogP contribution >= 0.6 is 0 Å². The number of nitrogens with zero attached hydrogens (tertiary/aromatic N) is 1.